The van der Waals surface area contributed by atoms with Crippen LogP contribution in [0.5, 0.6) is 5.75 Å². The van der Waals surface area contributed by atoms with Gasteiger partial charge in [0.2, 0.25) is 0 Å². The molecule has 2 aromatic carbocycles. The molecule has 3 rings (SSSR count). The Morgan fingerprint density at radius 3 is 2.28 bits per heavy atom. The van der Waals surface area contributed by atoms with E-state index in [1.807, 2.05) is 19.1 Å². The van der Waals surface area contributed by atoms with Crippen LogP contribution in [0.3, 0.4) is 0 Å². The number of hydrogen-bond acceptors (Lipinski definition) is 4. The van der Waals surface area contributed by atoms with E-state index in [2.05, 4.69) is 26.0 Å². The van der Waals surface area contributed by atoms with E-state index in [9.17, 15) is 13.2 Å². The van der Waals surface area contributed by atoms with Gasteiger partial charge in [0, 0.05) is 18.2 Å². The molecule has 1 atom stereocenters. The van der Waals surface area contributed by atoms with Crippen LogP contribution in [0.15, 0.2) is 48.5 Å². The quantitative estimate of drug-likeness (QED) is 0.685. The van der Waals surface area contributed by atoms with Gasteiger partial charge in [-0.05, 0) is 54.7 Å². The average molecular weight is 416 g/mol. The third kappa shape index (κ3) is 5.38. The van der Waals surface area contributed by atoms with E-state index in [1.165, 1.54) is 5.56 Å². The summed E-state index contributed by atoms with van der Waals surface area (Å²) in [5.74, 6) is 1.16. The van der Waals surface area contributed by atoms with E-state index >= 15 is 0 Å². The molecule has 1 aliphatic rings. The Morgan fingerprint density at radius 2 is 1.76 bits per heavy atom. The number of amides is 1. The molecule has 0 aliphatic carbocycles. The molecule has 1 heterocycles. The molecule has 6 heteroatoms. The van der Waals surface area contributed by atoms with E-state index in [1.54, 1.807) is 29.2 Å². The molecule has 0 N–H and O–H groups in total. The first-order chi connectivity index (χ1) is 13.8. The second-order valence-corrected chi connectivity index (χ2v) is 10.1. The van der Waals surface area contributed by atoms with Crippen LogP contribution in [0.2, 0.25) is 0 Å². The SMILES string of the molecule is CCOc1ccc(C(=O)N(Cc2ccc(C(C)C)cc2)C2CCS(=O)(=O)C2)cc1. The molecule has 29 heavy (non-hydrogen) atoms. The Bertz CT molecular complexity index is 934. The van der Waals surface area contributed by atoms with Crippen molar-refractivity contribution in [3.63, 3.8) is 0 Å². The fourth-order valence-corrected chi connectivity index (χ4v) is 5.35. The van der Waals surface area contributed by atoms with Crippen molar-refractivity contribution in [3.8, 4) is 5.75 Å². The normalized spacial score (nSPS) is 18.0. The summed E-state index contributed by atoms with van der Waals surface area (Å²) in [6.45, 7) is 7.14. The van der Waals surface area contributed by atoms with Crippen LogP contribution >= 0.6 is 0 Å². The van der Waals surface area contributed by atoms with Gasteiger partial charge in [-0.1, -0.05) is 38.1 Å². The van der Waals surface area contributed by atoms with E-state index in [-0.39, 0.29) is 23.5 Å². The molecule has 0 saturated carbocycles. The minimum atomic E-state index is -3.09. The number of hydrogen-bond donors (Lipinski definition) is 0. The highest BCUT2D eigenvalue weighted by Crippen LogP contribution is 2.24. The summed E-state index contributed by atoms with van der Waals surface area (Å²) in [6, 6.07) is 14.9. The molecular weight excluding hydrogens is 386 g/mol. The lowest BCUT2D eigenvalue weighted by molar-refractivity contribution is 0.0681. The Balaban J connectivity index is 1.85. The fourth-order valence-electron chi connectivity index (χ4n) is 3.62. The van der Waals surface area contributed by atoms with E-state index < -0.39 is 9.84 Å². The van der Waals surface area contributed by atoms with Crippen molar-refractivity contribution in [1.82, 2.24) is 4.90 Å². The maximum atomic E-state index is 13.3. The van der Waals surface area contributed by atoms with Crippen molar-refractivity contribution in [1.29, 1.82) is 0 Å². The molecule has 1 unspecified atom stereocenters. The van der Waals surface area contributed by atoms with Gasteiger partial charge in [-0.3, -0.25) is 4.79 Å². The molecule has 1 aliphatic heterocycles. The van der Waals surface area contributed by atoms with Crippen LogP contribution in [-0.4, -0.2) is 43.4 Å². The van der Waals surface area contributed by atoms with Crippen molar-refractivity contribution in [2.75, 3.05) is 18.1 Å². The van der Waals surface area contributed by atoms with Gasteiger partial charge in [0.1, 0.15) is 5.75 Å². The Kier molecular flexibility index (Phi) is 6.63. The maximum absolute atomic E-state index is 13.3. The summed E-state index contributed by atoms with van der Waals surface area (Å²) in [4.78, 5) is 15.0. The van der Waals surface area contributed by atoms with Crippen LogP contribution in [0.4, 0.5) is 0 Å². The number of sulfone groups is 1. The first kappa shape index (κ1) is 21.4. The molecule has 1 saturated heterocycles. The molecule has 156 valence electrons. The minimum absolute atomic E-state index is 0.0276. The highest BCUT2D eigenvalue weighted by molar-refractivity contribution is 7.91. The number of nitrogens with zero attached hydrogens (tertiary/aromatic N) is 1. The monoisotopic (exact) mass is 415 g/mol. The van der Waals surface area contributed by atoms with E-state index in [0.717, 1.165) is 5.56 Å². The number of rotatable bonds is 7. The van der Waals surface area contributed by atoms with Crippen molar-refractivity contribution in [2.24, 2.45) is 0 Å². The van der Waals surface area contributed by atoms with Crippen molar-refractivity contribution in [2.45, 2.75) is 45.7 Å². The zero-order chi connectivity index (χ0) is 21.0. The van der Waals surface area contributed by atoms with Crippen molar-refractivity contribution >= 4 is 15.7 Å². The predicted molar refractivity (Wildman–Crippen MR) is 115 cm³/mol. The van der Waals surface area contributed by atoms with Gasteiger partial charge in [0.15, 0.2) is 9.84 Å². The van der Waals surface area contributed by atoms with Gasteiger partial charge in [-0.2, -0.15) is 0 Å². The van der Waals surface area contributed by atoms with Gasteiger partial charge < -0.3 is 9.64 Å². The molecular formula is C23H29NO4S. The lowest BCUT2D eigenvalue weighted by atomic mass is 10.0. The summed E-state index contributed by atoms with van der Waals surface area (Å²) in [7, 11) is -3.09. The van der Waals surface area contributed by atoms with Gasteiger partial charge in [0.05, 0.1) is 18.1 Å². The lowest BCUT2D eigenvalue weighted by Crippen LogP contribution is -2.40. The van der Waals surface area contributed by atoms with Crippen LogP contribution in [0, 0.1) is 0 Å². The Morgan fingerprint density at radius 1 is 1.10 bits per heavy atom. The minimum Gasteiger partial charge on any atom is -0.494 e. The number of carbonyl (C=O) groups excluding carboxylic acids is 1. The summed E-state index contributed by atoms with van der Waals surface area (Å²) in [5, 5.41) is 0. The maximum Gasteiger partial charge on any atom is 0.254 e. The molecule has 0 spiro atoms. The van der Waals surface area contributed by atoms with Gasteiger partial charge in [-0.15, -0.1) is 0 Å². The van der Waals surface area contributed by atoms with E-state index in [4.69, 9.17) is 4.74 Å². The Hall–Kier alpha value is -2.34. The zero-order valence-electron chi connectivity index (χ0n) is 17.3. The van der Waals surface area contributed by atoms with Gasteiger partial charge in [0.25, 0.3) is 5.91 Å². The smallest absolute Gasteiger partial charge is 0.254 e. The van der Waals surface area contributed by atoms with E-state index in [0.29, 0.717) is 36.8 Å². The number of benzene rings is 2. The predicted octanol–water partition coefficient (Wildman–Crippen LogP) is 4.04. The molecule has 0 radical (unpaired) electrons. The molecule has 1 fully saturated rings. The molecule has 0 bridgehead atoms. The number of carbonyl (C=O) groups is 1. The van der Waals surface area contributed by atoms with Crippen LogP contribution < -0.4 is 4.74 Å². The summed E-state index contributed by atoms with van der Waals surface area (Å²) in [6.07, 6.45) is 0.481. The van der Waals surface area contributed by atoms with Crippen molar-refractivity contribution in [3.05, 3.63) is 65.2 Å². The largest absolute Gasteiger partial charge is 0.494 e. The zero-order valence-corrected chi connectivity index (χ0v) is 18.1. The van der Waals surface area contributed by atoms with Gasteiger partial charge >= 0.3 is 0 Å². The molecule has 2 aromatic rings. The van der Waals surface area contributed by atoms with Crippen LogP contribution in [0.1, 0.15) is 54.6 Å². The fraction of sp³-hybridized carbons (Fsp3) is 0.435. The first-order valence-electron chi connectivity index (χ1n) is 10.1. The highest BCUT2D eigenvalue weighted by Gasteiger charge is 2.35. The third-order valence-electron chi connectivity index (χ3n) is 5.32. The highest BCUT2D eigenvalue weighted by atomic mass is 32.2. The van der Waals surface area contributed by atoms with Gasteiger partial charge in [-0.25, -0.2) is 8.42 Å². The number of ether oxygens (including phenoxy) is 1. The molecule has 5 nitrogen and oxygen atoms in total. The molecule has 0 aromatic heterocycles. The third-order valence-corrected chi connectivity index (χ3v) is 7.07. The van der Waals surface area contributed by atoms with Crippen molar-refractivity contribution < 1.29 is 17.9 Å². The Labute approximate surface area is 173 Å². The van der Waals surface area contributed by atoms with Crippen LogP contribution in [0.25, 0.3) is 0 Å². The first-order valence-corrected chi connectivity index (χ1v) is 11.9. The summed E-state index contributed by atoms with van der Waals surface area (Å²) >= 11 is 0. The second-order valence-electron chi connectivity index (χ2n) is 7.84. The lowest BCUT2D eigenvalue weighted by Gasteiger charge is -2.29. The average Bonchev–Trinajstić information content (AvgIpc) is 3.06. The second kappa shape index (κ2) is 8.99. The standard InChI is InChI=1S/C23H29NO4S/c1-4-28-22-11-9-20(10-12-22)23(25)24(21-13-14-29(26,27)16-21)15-18-5-7-19(8-6-18)17(2)3/h5-12,17,21H,4,13-16H2,1-3H3. The topological polar surface area (TPSA) is 63.7 Å². The summed E-state index contributed by atoms with van der Waals surface area (Å²) < 4.78 is 29.5. The molecule has 1 amide bonds. The van der Waals surface area contributed by atoms with Crippen LogP contribution in [-0.2, 0) is 16.4 Å². The summed E-state index contributed by atoms with van der Waals surface area (Å²) in [5.41, 5.74) is 2.77.